The monoisotopic (exact) mass is 450 g/mol. The maximum atomic E-state index is 14.5. The molecule has 0 saturated carbocycles. The van der Waals surface area contributed by atoms with Crippen molar-refractivity contribution in [3.8, 4) is 0 Å². The van der Waals surface area contributed by atoms with E-state index in [4.69, 9.17) is 0 Å². The van der Waals surface area contributed by atoms with Gasteiger partial charge in [0, 0.05) is 14.1 Å². The lowest BCUT2D eigenvalue weighted by molar-refractivity contribution is -0.166. The van der Waals surface area contributed by atoms with Crippen LogP contribution in [0.2, 0.25) is 0 Å². The molecule has 4 nitrogen and oxygen atoms in total. The summed E-state index contributed by atoms with van der Waals surface area (Å²) in [5.41, 5.74) is 2.23. The smallest absolute Gasteiger partial charge is 0.279 e. The zero-order valence-electron chi connectivity index (χ0n) is 19.8. The first-order valence-electron chi connectivity index (χ1n) is 11.4. The summed E-state index contributed by atoms with van der Waals surface area (Å²) in [5.74, 6) is -0.427. The Balaban J connectivity index is 1.92. The van der Waals surface area contributed by atoms with Gasteiger partial charge in [-0.05, 0) is 29.2 Å². The summed E-state index contributed by atoms with van der Waals surface area (Å²) in [4.78, 5) is 14.5. The van der Waals surface area contributed by atoms with E-state index in [1.807, 2.05) is 112 Å². The van der Waals surface area contributed by atoms with Crippen molar-refractivity contribution in [3.05, 3.63) is 143 Å². The zero-order valence-corrected chi connectivity index (χ0v) is 19.8. The molecule has 0 radical (unpaired) electrons. The van der Waals surface area contributed by atoms with Crippen LogP contribution in [0, 0.1) is 6.92 Å². The van der Waals surface area contributed by atoms with E-state index in [2.05, 4.69) is 0 Å². The van der Waals surface area contributed by atoms with Gasteiger partial charge in [-0.1, -0.05) is 121 Å². The molecule has 0 aliphatic rings. The zero-order chi connectivity index (χ0) is 24.1. The Morgan fingerprint density at radius 2 is 1.09 bits per heavy atom. The summed E-state index contributed by atoms with van der Waals surface area (Å²) in [5, 5.41) is 15.6. The van der Waals surface area contributed by atoms with Crippen molar-refractivity contribution < 1.29 is 9.90 Å². The predicted octanol–water partition coefficient (Wildman–Crippen LogP) is 5.33. The molecular weight excluding hydrogens is 420 g/mol. The number of amides is 1. The molecule has 1 amide bonds. The molecule has 0 aliphatic carbocycles. The molecule has 0 bridgehead atoms. The number of carbonyl (C=O) groups is 1. The van der Waals surface area contributed by atoms with Gasteiger partial charge in [-0.2, -0.15) is 0 Å². The molecule has 4 aromatic carbocycles. The van der Waals surface area contributed by atoms with Crippen LogP contribution in [0.1, 0.15) is 33.9 Å². The first-order valence-corrected chi connectivity index (χ1v) is 11.4. The molecule has 172 valence electrons. The average Bonchev–Trinajstić information content (AvgIpc) is 2.88. The fourth-order valence-corrected chi connectivity index (χ4v) is 4.33. The maximum Gasteiger partial charge on any atom is 0.279 e. The highest BCUT2D eigenvalue weighted by atomic mass is 16.3. The average molecular weight is 451 g/mol. The van der Waals surface area contributed by atoms with Crippen LogP contribution < -0.4 is 0 Å². The second kappa shape index (κ2) is 10.0. The molecule has 0 saturated heterocycles. The van der Waals surface area contributed by atoms with Crippen molar-refractivity contribution in [3.63, 3.8) is 0 Å². The SMILES string of the molecule is Cc1ccc([C@@H](c2ccccc2)N(C(=O)C(O)(c2ccccc2)c2ccccc2)N(C)C)cc1. The number of benzene rings is 4. The molecule has 4 rings (SSSR count). The fraction of sp³-hybridized carbons (Fsp3) is 0.167. The van der Waals surface area contributed by atoms with E-state index in [0.717, 1.165) is 16.7 Å². The Kier molecular flexibility index (Phi) is 6.92. The second-order valence-electron chi connectivity index (χ2n) is 8.66. The minimum Gasteiger partial charge on any atom is -0.372 e. The Morgan fingerprint density at radius 1 is 0.676 bits per heavy atom. The van der Waals surface area contributed by atoms with E-state index in [0.29, 0.717) is 11.1 Å². The van der Waals surface area contributed by atoms with Gasteiger partial charge in [0.05, 0.1) is 6.04 Å². The Bertz CT molecular complexity index is 1170. The van der Waals surface area contributed by atoms with E-state index in [-0.39, 0.29) is 0 Å². The topological polar surface area (TPSA) is 43.8 Å². The molecule has 1 atom stereocenters. The molecule has 0 aromatic heterocycles. The Morgan fingerprint density at radius 3 is 1.53 bits per heavy atom. The fourth-order valence-electron chi connectivity index (χ4n) is 4.33. The number of aliphatic hydroxyl groups is 1. The minimum absolute atomic E-state index is 0.427. The third-order valence-electron chi connectivity index (χ3n) is 6.08. The molecule has 0 fully saturated rings. The maximum absolute atomic E-state index is 14.5. The number of carbonyl (C=O) groups excluding carboxylic acids is 1. The summed E-state index contributed by atoms with van der Waals surface area (Å²) >= 11 is 0. The lowest BCUT2D eigenvalue weighted by atomic mass is 9.84. The van der Waals surface area contributed by atoms with Gasteiger partial charge in [0.15, 0.2) is 5.60 Å². The quantitative estimate of drug-likeness (QED) is 0.387. The van der Waals surface area contributed by atoms with Crippen molar-refractivity contribution in [2.45, 2.75) is 18.6 Å². The number of hydrogen-bond donors (Lipinski definition) is 1. The van der Waals surface area contributed by atoms with Gasteiger partial charge >= 0.3 is 0 Å². The van der Waals surface area contributed by atoms with Crippen molar-refractivity contribution >= 4 is 5.91 Å². The largest absolute Gasteiger partial charge is 0.372 e. The Labute approximate surface area is 201 Å². The molecule has 0 spiro atoms. The van der Waals surface area contributed by atoms with Gasteiger partial charge in [-0.15, -0.1) is 0 Å². The summed E-state index contributed by atoms with van der Waals surface area (Å²) in [6, 6.07) is 36.0. The third-order valence-corrected chi connectivity index (χ3v) is 6.08. The van der Waals surface area contributed by atoms with E-state index in [1.165, 1.54) is 0 Å². The van der Waals surface area contributed by atoms with Crippen molar-refractivity contribution in [1.82, 2.24) is 10.0 Å². The molecule has 4 heteroatoms. The third kappa shape index (κ3) is 4.51. The standard InChI is InChI=1S/C30H30N2O2/c1-23-19-21-25(22-20-23)28(24-13-7-4-8-14-24)32(31(2)3)29(33)30(34,26-15-9-5-10-16-26)27-17-11-6-12-18-27/h4-22,28,34H,1-3H3/t28-/m1/s1. The van der Waals surface area contributed by atoms with Gasteiger partial charge in [-0.25, -0.2) is 5.01 Å². The van der Waals surface area contributed by atoms with E-state index in [1.54, 1.807) is 34.3 Å². The highest BCUT2D eigenvalue weighted by molar-refractivity contribution is 5.90. The minimum atomic E-state index is -1.87. The first-order chi connectivity index (χ1) is 16.4. The molecule has 0 unspecified atom stereocenters. The van der Waals surface area contributed by atoms with Gasteiger partial charge in [0.1, 0.15) is 0 Å². The number of aryl methyl sites for hydroxylation is 1. The van der Waals surface area contributed by atoms with Crippen LogP contribution >= 0.6 is 0 Å². The molecule has 34 heavy (non-hydrogen) atoms. The van der Waals surface area contributed by atoms with Gasteiger partial charge in [0.25, 0.3) is 5.91 Å². The molecular formula is C30H30N2O2. The number of nitrogens with zero attached hydrogens (tertiary/aromatic N) is 2. The lowest BCUT2D eigenvalue weighted by Gasteiger charge is -2.42. The normalized spacial score (nSPS) is 12.4. The summed E-state index contributed by atoms with van der Waals surface area (Å²) in [6.45, 7) is 2.04. The predicted molar refractivity (Wildman–Crippen MR) is 136 cm³/mol. The van der Waals surface area contributed by atoms with Crippen molar-refractivity contribution in [2.24, 2.45) is 0 Å². The molecule has 4 aromatic rings. The first kappa shape index (κ1) is 23.4. The van der Waals surface area contributed by atoms with Gasteiger partial charge in [0.2, 0.25) is 0 Å². The van der Waals surface area contributed by atoms with E-state index in [9.17, 15) is 9.90 Å². The van der Waals surface area contributed by atoms with Crippen molar-refractivity contribution in [2.75, 3.05) is 14.1 Å². The van der Waals surface area contributed by atoms with Gasteiger partial charge < -0.3 is 5.11 Å². The van der Waals surface area contributed by atoms with E-state index < -0.39 is 17.6 Å². The number of hydrazine groups is 1. The van der Waals surface area contributed by atoms with Gasteiger partial charge in [-0.3, -0.25) is 9.80 Å². The molecule has 0 aliphatic heterocycles. The summed E-state index contributed by atoms with van der Waals surface area (Å²) in [6.07, 6.45) is 0. The van der Waals surface area contributed by atoms with Crippen molar-refractivity contribution in [1.29, 1.82) is 0 Å². The van der Waals surface area contributed by atoms with Crippen LogP contribution in [0.15, 0.2) is 115 Å². The Hall–Kier alpha value is -3.73. The summed E-state index contributed by atoms with van der Waals surface area (Å²) < 4.78 is 0. The van der Waals surface area contributed by atoms with Crippen LogP contribution in [-0.4, -0.2) is 35.1 Å². The van der Waals surface area contributed by atoms with Crippen LogP contribution in [-0.2, 0) is 10.4 Å². The number of rotatable bonds is 7. The highest BCUT2D eigenvalue weighted by Crippen LogP contribution is 2.37. The summed E-state index contributed by atoms with van der Waals surface area (Å²) in [7, 11) is 3.66. The van der Waals surface area contributed by atoms with Crippen LogP contribution in [0.3, 0.4) is 0 Å². The highest BCUT2D eigenvalue weighted by Gasteiger charge is 2.46. The second-order valence-corrected chi connectivity index (χ2v) is 8.66. The van der Waals surface area contributed by atoms with Crippen LogP contribution in [0.5, 0.6) is 0 Å². The lowest BCUT2D eigenvalue weighted by Crippen LogP contribution is -2.54. The van der Waals surface area contributed by atoms with E-state index >= 15 is 0 Å². The van der Waals surface area contributed by atoms with Crippen LogP contribution in [0.4, 0.5) is 0 Å². The molecule has 1 N–H and O–H groups in total. The number of hydrogen-bond acceptors (Lipinski definition) is 3. The molecule has 0 heterocycles. The van der Waals surface area contributed by atoms with Crippen LogP contribution in [0.25, 0.3) is 0 Å².